The second-order valence-electron chi connectivity index (χ2n) is 6.43. The average Bonchev–Trinajstić information content (AvgIpc) is 2.56. The molecule has 0 bridgehead atoms. The number of fused-ring (bicyclic) bond motifs is 1. The van der Waals surface area contributed by atoms with Gasteiger partial charge in [0.05, 0.1) is 6.04 Å². The van der Waals surface area contributed by atoms with E-state index in [0.717, 1.165) is 6.42 Å². The van der Waals surface area contributed by atoms with E-state index in [1.807, 2.05) is 32.9 Å². The van der Waals surface area contributed by atoms with E-state index in [9.17, 15) is 9.59 Å². The lowest BCUT2D eigenvalue weighted by molar-refractivity contribution is -0.131. The van der Waals surface area contributed by atoms with E-state index in [1.54, 1.807) is 0 Å². The largest absolute Gasteiger partial charge is 0.354 e. The summed E-state index contributed by atoms with van der Waals surface area (Å²) in [6.45, 7) is 7.21. The van der Waals surface area contributed by atoms with E-state index < -0.39 is 6.04 Å². The highest BCUT2D eigenvalue weighted by molar-refractivity contribution is 5.90. The minimum atomic E-state index is -0.493. The number of hydrogen-bond acceptors (Lipinski definition) is 3. The fraction of sp³-hybridized carbons (Fsp3) is 0.556. The smallest absolute Gasteiger partial charge is 0.242 e. The number of nitrogens with one attached hydrogen (secondary N) is 3. The van der Waals surface area contributed by atoms with Gasteiger partial charge < -0.3 is 16.0 Å². The second-order valence-corrected chi connectivity index (χ2v) is 6.43. The van der Waals surface area contributed by atoms with Crippen LogP contribution in [-0.4, -0.2) is 30.4 Å². The number of hydrogen-bond donors (Lipinski definition) is 3. The van der Waals surface area contributed by atoms with Crippen LogP contribution in [0.15, 0.2) is 24.3 Å². The van der Waals surface area contributed by atoms with Gasteiger partial charge >= 0.3 is 0 Å². The van der Waals surface area contributed by atoms with Gasteiger partial charge in [-0.25, -0.2) is 0 Å². The van der Waals surface area contributed by atoms with Crippen molar-refractivity contribution in [3.05, 3.63) is 35.4 Å². The number of rotatable bonds is 6. The Morgan fingerprint density at radius 2 is 1.96 bits per heavy atom. The quantitative estimate of drug-likeness (QED) is 0.742. The first-order valence-corrected chi connectivity index (χ1v) is 8.41. The third kappa shape index (κ3) is 4.55. The first-order chi connectivity index (χ1) is 11.0. The van der Waals surface area contributed by atoms with Crippen molar-refractivity contribution in [1.29, 1.82) is 0 Å². The molecule has 0 saturated carbocycles. The second kappa shape index (κ2) is 8.11. The zero-order valence-corrected chi connectivity index (χ0v) is 14.2. The van der Waals surface area contributed by atoms with Crippen LogP contribution in [0.5, 0.6) is 0 Å². The Labute approximate surface area is 138 Å². The van der Waals surface area contributed by atoms with Gasteiger partial charge in [0.1, 0.15) is 6.04 Å². The molecule has 1 aliphatic heterocycles. The van der Waals surface area contributed by atoms with Crippen LogP contribution in [0.1, 0.15) is 38.3 Å². The summed E-state index contributed by atoms with van der Waals surface area (Å²) in [5.41, 5.74) is 2.43. The molecule has 1 heterocycles. The van der Waals surface area contributed by atoms with Crippen molar-refractivity contribution in [3.63, 3.8) is 0 Å². The first kappa shape index (κ1) is 17.5. The van der Waals surface area contributed by atoms with Gasteiger partial charge in [-0.1, -0.05) is 45.0 Å². The van der Waals surface area contributed by atoms with Gasteiger partial charge in [-0.05, 0) is 29.9 Å². The summed E-state index contributed by atoms with van der Waals surface area (Å²) in [4.78, 5) is 24.8. The van der Waals surface area contributed by atoms with E-state index in [-0.39, 0.29) is 23.8 Å². The van der Waals surface area contributed by atoms with Crippen molar-refractivity contribution in [3.8, 4) is 0 Å². The maximum Gasteiger partial charge on any atom is 0.242 e. The molecule has 1 aliphatic rings. The van der Waals surface area contributed by atoms with E-state index in [1.165, 1.54) is 11.1 Å². The summed E-state index contributed by atoms with van der Waals surface area (Å²) in [7, 11) is 0. The highest BCUT2D eigenvalue weighted by Crippen LogP contribution is 2.16. The fourth-order valence-electron chi connectivity index (χ4n) is 2.79. The highest BCUT2D eigenvalue weighted by Gasteiger charge is 2.29. The molecule has 0 radical (unpaired) electrons. The molecule has 2 atom stereocenters. The molecule has 1 aromatic carbocycles. The Kier molecular flexibility index (Phi) is 6.16. The molecule has 0 aliphatic carbocycles. The fourth-order valence-corrected chi connectivity index (χ4v) is 2.79. The molecular formula is C18H27N3O2. The predicted octanol–water partition coefficient (Wildman–Crippen LogP) is 1.37. The molecule has 2 rings (SSSR count). The van der Waals surface area contributed by atoms with Crippen LogP contribution >= 0.6 is 0 Å². The summed E-state index contributed by atoms with van der Waals surface area (Å²) in [6.07, 6.45) is 1.54. The van der Waals surface area contributed by atoms with Gasteiger partial charge in [0, 0.05) is 13.1 Å². The van der Waals surface area contributed by atoms with Crippen molar-refractivity contribution in [2.24, 2.45) is 5.92 Å². The van der Waals surface area contributed by atoms with Gasteiger partial charge in [0.2, 0.25) is 11.8 Å². The van der Waals surface area contributed by atoms with Crippen molar-refractivity contribution in [1.82, 2.24) is 16.0 Å². The molecule has 1 aromatic rings. The minimum Gasteiger partial charge on any atom is -0.354 e. The highest BCUT2D eigenvalue weighted by atomic mass is 16.2. The van der Waals surface area contributed by atoms with Crippen LogP contribution in [0.2, 0.25) is 0 Å². The molecule has 23 heavy (non-hydrogen) atoms. The molecule has 2 unspecified atom stereocenters. The third-order valence-electron chi connectivity index (χ3n) is 4.19. The summed E-state index contributed by atoms with van der Waals surface area (Å²) in [5, 5.41) is 9.03. The van der Waals surface area contributed by atoms with Crippen LogP contribution in [0, 0.1) is 5.92 Å². The van der Waals surface area contributed by atoms with Crippen LogP contribution in [0.3, 0.4) is 0 Å². The standard InChI is InChI=1S/C18H27N3O2/c1-4-9-19-18(23)16(12(2)3)21-17(22)15-10-13-7-5-6-8-14(13)11-20-15/h5-8,12,15-16,20H,4,9-11H2,1-3H3,(H,19,23)(H,21,22). The summed E-state index contributed by atoms with van der Waals surface area (Å²) in [6, 6.07) is 7.36. The first-order valence-electron chi connectivity index (χ1n) is 8.41. The van der Waals surface area contributed by atoms with E-state index >= 15 is 0 Å². The normalized spacial score (nSPS) is 18.2. The molecule has 0 spiro atoms. The third-order valence-corrected chi connectivity index (χ3v) is 4.19. The topological polar surface area (TPSA) is 70.2 Å². The monoisotopic (exact) mass is 317 g/mol. The van der Waals surface area contributed by atoms with Gasteiger partial charge in [-0.15, -0.1) is 0 Å². The number of carbonyl (C=O) groups excluding carboxylic acids is 2. The molecule has 2 amide bonds. The summed E-state index contributed by atoms with van der Waals surface area (Å²) >= 11 is 0. The maximum atomic E-state index is 12.5. The van der Waals surface area contributed by atoms with Crippen molar-refractivity contribution >= 4 is 11.8 Å². The van der Waals surface area contributed by atoms with Gasteiger partial charge in [-0.3, -0.25) is 9.59 Å². The van der Waals surface area contributed by atoms with Crippen molar-refractivity contribution < 1.29 is 9.59 Å². The Morgan fingerprint density at radius 1 is 1.26 bits per heavy atom. The summed E-state index contributed by atoms with van der Waals surface area (Å²) in [5.74, 6) is -0.164. The van der Waals surface area contributed by atoms with E-state index in [4.69, 9.17) is 0 Å². The Morgan fingerprint density at radius 3 is 2.61 bits per heavy atom. The van der Waals surface area contributed by atoms with Gasteiger partial charge in [0.25, 0.3) is 0 Å². The zero-order chi connectivity index (χ0) is 16.8. The van der Waals surface area contributed by atoms with Crippen molar-refractivity contribution in [2.75, 3.05) is 6.54 Å². The summed E-state index contributed by atoms with van der Waals surface area (Å²) < 4.78 is 0. The van der Waals surface area contributed by atoms with Crippen LogP contribution < -0.4 is 16.0 Å². The van der Waals surface area contributed by atoms with Crippen molar-refractivity contribution in [2.45, 2.75) is 52.2 Å². The molecule has 0 aromatic heterocycles. The Hall–Kier alpha value is -1.88. The number of carbonyl (C=O) groups is 2. The average molecular weight is 317 g/mol. The molecule has 0 fully saturated rings. The maximum absolute atomic E-state index is 12.5. The molecular weight excluding hydrogens is 290 g/mol. The minimum absolute atomic E-state index is 0.0479. The molecule has 5 nitrogen and oxygen atoms in total. The van der Waals surface area contributed by atoms with Crippen LogP contribution in [0.25, 0.3) is 0 Å². The Bertz CT molecular complexity index is 557. The molecule has 126 valence electrons. The van der Waals surface area contributed by atoms with Crippen LogP contribution in [-0.2, 0) is 22.6 Å². The van der Waals surface area contributed by atoms with Gasteiger partial charge in [0.15, 0.2) is 0 Å². The number of amides is 2. The molecule has 3 N–H and O–H groups in total. The Balaban J connectivity index is 1.98. The lowest BCUT2D eigenvalue weighted by Crippen LogP contribution is -2.56. The number of benzene rings is 1. The zero-order valence-electron chi connectivity index (χ0n) is 14.2. The predicted molar refractivity (Wildman–Crippen MR) is 90.8 cm³/mol. The van der Waals surface area contributed by atoms with E-state index in [0.29, 0.717) is 19.5 Å². The van der Waals surface area contributed by atoms with E-state index in [2.05, 4.69) is 28.1 Å². The van der Waals surface area contributed by atoms with Crippen LogP contribution in [0.4, 0.5) is 0 Å². The lowest BCUT2D eigenvalue weighted by Gasteiger charge is -2.28. The molecule has 5 heteroatoms. The van der Waals surface area contributed by atoms with Gasteiger partial charge in [-0.2, -0.15) is 0 Å². The SMILES string of the molecule is CCCNC(=O)C(NC(=O)C1Cc2ccccc2CN1)C(C)C. The molecule has 0 saturated heterocycles. The lowest BCUT2D eigenvalue weighted by atomic mass is 9.95.